The predicted molar refractivity (Wildman–Crippen MR) is 128 cm³/mol. The molecule has 6 heteroatoms. The van der Waals surface area contributed by atoms with E-state index < -0.39 is 8.32 Å². The van der Waals surface area contributed by atoms with E-state index in [1.54, 1.807) is 19.1 Å². The van der Waals surface area contributed by atoms with Crippen LogP contribution in [0.15, 0.2) is 42.5 Å². The second-order valence-electron chi connectivity index (χ2n) is 9.92. The number of phenolic OH excluding ortho intramolecular Hbond substituents is 2. The first-order valence-electron chi connectivity index (χ1n) is 10.8. The Morgan fingerprint density at radius 3 is 2.26 bits per heavy atom. The molecule has 0 radical (unpaired) electrons. The summed E-state index contributed by atoms with van der Waals surface area (Å²) in [5.74, 6) is 0.106. The molecule has 0 aliphatic heterocycles. The molecule has 0 aliphatic rings. The third kappa shape index (κ3) is 7.20. The van der Waals surface area contributed by atoms with E-state index in [0.29, 0.717) is 6.54 Å². The fourth-order valence-corrected chi connectivity index (χ4v) is 4.50. The Bertz CT molecular complexity index is 884. The van der Waals surface area contributed by atoms with Crippen LogP contribution in [0, 0.1) is 0 Å². The average molecular weight is 444 g/mol. The van der Waals surface area contributed by atoms with E-state index >= 15 is 0 Å². The molecule has 2 atom stereocenters. The number of benzene rings is 2. The summed E-state index contributed by atoms with van der Waals surface area (Å²) in [6.07, 6.45) is 0.476. The summed E-state index contributed by atoms with van der Waals surface area (Å²) < 4.78 is 6.66. The first-order chi connectivity index (χ1) is 14.3. The summed E-state index contributed by atoms with van der Waals surface area (Å²) in [7, 11) is -2.09. The van der Waals surface area contributed by atoms with Crippen LogP contribution in [0.25, 0.3) is 0 Å². The van der Waals surface area contributed by atoms with Crippen LogP contribution in [0.2, 0.25) is 18.1 Å². The van der Waals surface area contributed by atoms with Crippen molar-refractivity contribution in [2.45, 2.75) is 71.3 Å². The monoisotopic (exact) mass is 443 g/mol. The van der Waals surface area contributed by atoms with Crippen LogP contribution < -0.4 is 5.32 Å². The van der Waals surface area contributed by atoms with Crippen LogP contribution in [0.4, 0.5) is 0 Å². The average Bonchev–Trinajstić information content (AvgIpc) is 2.63. The maximum atomic E-state index is 11.7. The summed E-state index contributed by atoms with van der Waals surface area (Å²) in [5.41, 5.74) is 2.57. The summed E-state index contributed by atoms with van der Waals surface area (Å²) in [5, 5.41) is 23.6. The van der Waals surface area contributed by atoms with Gasteiger partial charge >= 0.3 is 0 Å². The van der Waals surface area contributed by atoms with Crippen molar-refractivity contribution in [3.63, 3.8) is 0 Å². The van der Waals surface area contributed by atoms with Crippen LogP contribution >= 0.6 is 0 Å². The molecule has 0 amide bonds. The van der Waals surface area contributed by atoms with Crippen LogP contribution in [-0.4, -0.2) is 36.9 Å². The third-order valence-electron chi connectivity index (χ3n) is 6.07. The number of ketones is 1. The van der Waals surface area contributed by atoms with Gasteiger partial charge in [-0.3, -0.25) is 4.79 Å². The number of nitrogens with one attached hydrogen (secondary N) is 1. The van der Waals surface area contributed by atoms with Crippen molar-refractivity contribution in [2.75, 3.05) is 6.54 Å². The number of carbonyl (C=O) groups is 1. The van der Waals surface area contributed by atoms with Crippen molar-refractivity contribution in [3.8, 4) is 11.5 Å². The van der Waals surface area contributed by atoms with E-state index in [1.807, 2.05) is 24.3 Å². The van der Waals surface area contributed by atoms with Crippen molar-refractivity contribution in [2.24, 2.45) is 0 Å². The molecule has 0 spiro atoms. The lowest BCUT2D eigenvalue weighted by atomic mass is 10.0. The lowest BCUT2D eigenvalue weighted by molar-refractivity contribution is 0.101. The molecule has 2 rings (SSSR count). The van der Waals surface area contributed by atoms with E-state index in [-0.39, 0.29) is 34.5 Å². The number of aromatic hydroxyl groups is 2. The number of carbonyl (C=O) groups excluding carboxylic acids is 1. The van der Waals surface area contributed by atoms with Crippen LogP contribution in [0.5, 0.6) is 11.5 Å². The molecule has 0 saturated heterocycles. The van der Waals surface area contributed by atoms with E-state index in [1.165, 1.54) is 6.07 Å². The molecule has 31 heavy (non-hydrogen) atoms. The highest BCUT2D eigenvalue weighted by molar-refractivity contribution is 6.74. The zero-order valence-electron chi connectivity index (χ0n) is 19.8. The van der Waals surface area contributed by atoms with Gasteiger partial charge in [0.25, 0.3) is 0 Å². The number of phenols is 2. The third-order valence-corrected chi connectivity index (χ3v) is 10.6. The maximum Gasteiger partial charge on any atom is 0.192 e. The minimum absolute atomic E-state index is 0.0212. The van der Waals surface area contributed by atoms with Crippen molar-refractivity contribution in [1.82, 2.24) is 5.32 Å². The zero-order valence-corrected chi connectivity index (χ0v) is 20.8. The minimum atomic E-state index is -2.09. The number of rotatable bonds is 9. The second-order valence-corrected chi connectivity index (χ2v) is 14.7. The quantitative estimate of drug-likeness (QED) is 0.348. The first kappa shape index (κ1) is 25.1. The highest BCUT2D eigenvalue weighted by Crippen LogP contribution is 2.40. The topological polar surface area (TPSA) is 78.8 Å². The molecule has 170 valence electrons. The van der Waals surface area contributed by atoms with Gasteiger partial charge in [-0.1, -0.05) is 39.0 Å². The van der Waals surface area contributed by atoms with Crippen molar-refractivity contribution in [3.05, 3.63) is 59.2 Å². The summed E-state index contributed by atoms with van der Waals surface area (Å²) in [4.78, 5) is 11.7. The van der Waals surface area contributed by atoms with Gasteiger partial charge in [-0.15, -0.1) is 0 Å². The van der Waals surface area contributed by atoms with Gasteiger partial charge in [0.05, 0.1) is 6.10 Å². The fourth-order valence-electron chi connectivity index (χ4n) is 3.22. The molecule has 0 aromatic heterocycles. The largest absolute Gasteiger partial charge is 0.508 e. The highest BCUT2D eigenvalue weighted by Gasteiger charge is 2.39. The Morgan fingerprint density at radius 1 is 1.10 bits per heavy atom. The molecule has 0 bridgehead atoms. The molecule has 3 N–H and O–H groups in total. The van der Waals surface area contributed by atoms with Gasteiger partial charge in [0.15, 0.2) is 14.1 Å². The Hall–Kier alpha value is -2.15. The Kier molecular flexibility index (Phi) is 8.08. The van der Waals surface area contributed by atoms with Gasteiger partial charge in [0.1, 0.15) is 11.5 Å². The van der Waals surface area contributed by atoms with Crippen LogP contribution in [0.1, 0.15) is 62.2 Å². The van der Waals surface area contributed by atoms with Gasteiger partial charge in [0.2, 0.25) is 0 Å². The molecule has 0 saturated carbocycles. The molecular formula is C25H37NO4Si. The molecule has 0 fully saturated rings. The summed E-state index contributed by atoms with van der Waals surface area (Å²) in [6.45, 7) is 15.2. The zero-order chi connectivity index (χ0) is 23.4. The van der Waals surface area contributed by atoms with E-state index in [2.05, 4.69) is 46.1 Å². The van der Waals surface area contributed by atoms with Crippen LogP contribution in [0.3, 0.4) is 0 Å². The Labute approximate surface area is 187 Å². The smallest absolute Gasteiger partial charge is 0.192 e. The van der Waals surface area contributed by atoms with Gasteiger partial charge in [-0.05, 0) is 67.7 Å². The second kappa shape index (κ2) is 9.98. The van der Waals surface area contributed by atoms with E-state index in [4.69, 9.17) is 4.43 Å². The fraction of sp³-hybridized carbons (Fsp3) is 0.480. The molecular weight excluding hydrogens is 406 g/mol. The highest BCUT2D eigenvalue weighted by atomic mass is 28.4. The molecule has 2 aromatic carbocycles. The van der Waals surface area contributed by atoms with E-state index in [9.17, 15) is 15.0 Å². The standard InChI is InChI=1S/C25H37NO4Si/c1-17(11-19-9-8-10-20(12-19)18(2)27)26-16-24(30-31(6,7)25(3,4)5)21-13-22(28)15-23(29)14-21/h8-10,12-15,17,24,26,28-29H,11,16H2,1-7H3/t17-,24-/m1/s1. The van der Waals surface area contributed by atoms with Crippen molar-refractivity contribution in [1.29, 1.82) is 0 Å². The SMILES string of the molecule is CC(=O)c1cccc(C[C@@H](C)NC[C@@H](O[Si](C)(C)C(C)(C)C)c2cc(O)cc(O)c2)c1. The number of hydrogen-bond acceptors (Lipinski definition) is 5. The molecule has 0 heterocycles. The Balaban J connectivity index is 2.17. The summed E-state index contributed by atoms with van der Waals surface area (Å²) >= 11 is 0. The molecule has 0 aliphatic carbocycles. The first-order valence-corrected chi connectivity index (χ1v) is 13.7. The van der Waals surface area contributed by atoms with Crippen LogP contribution in [-0.2, 0) is 10.8 Å². The van der Waals surface area contributed by atoms with Crippen molar-refractivity contribution < 1.29 is 19.4 Å². The predicted octanol–water partition coefficient (Wildman–Crippen LogP) is 5.58. The van der Waals surface area contributed by atoms with Crippen molar-refractivity contribution >= 4 is 14.1 Å². The number of Topliss-reactive ketones (excluding diaryl/α,β-unsaturated/α-hetero) is 1. The maximum absolute atomic E-state index is 11.7. The van der Waals surface area contributed by atoms with Gasteiger partial charge in [-0.2, -0.15) is 0 Å². The molecule has 2 aromatic rings. The normalized spacial score (nSPS) is 14.3. The van der Waals surface area contributed by atoms with Gasteiger partial charge < -0.3 is 20.0 Å². The van der Waals surface area contributed by atoms with Gasteiger partial charge in [0, 0.05) is 24.2 Å². The Morgan fingerprint density at radius 2 is 1.71 bits per heavy atom. The lowest BCUT2D eigenvalue weighted by Crippen LogP contribution is -2.44. The molecule has 0 unspecified atom stereocenters. The van der Waals surface area contributed by atoms with E-state index in [0.717, 1.165) is 23.1 Å². The number of hydrogen-bond donors (Lipinski definition) is 3. The summed E-state index contributed by atoms with van der Waals surface area (Å²) in [6, 6.07) is 12.5. The van der Waals surface area contributed by atoms with Gasteiger partial charge in [-0.25, -0.2) is 0 Å². The lowest BCUT2D eigenvalue weighted by Gasteiger charge is -2.39. The molecule has 5 nitrogen and oxygen atoms in total. The minimum Gasteiger partial charge on any atom is -0.508 e.